The first-order chi connectivity index (χ1) is 14.5. The van der Waals surface area contributed by atoms with Gasteiger partial charge >= 0.3 is 0 Å². The van der Waals surface area contributed by atoms with Crippen LogP contribution in [0.4, 0.5) is 5.82 Å². The summed E-state index contributed by atoms with van der Waals surface area (Å²) in [5, 5.41) is 8.10. The molecule has 0 bridgehead atoms. The molecule has 3 N–H and O–H groups in total. The number of anilines is 1. The second-order valence-electron chi connectivity index (χ2n) is 7.56. The molecular weight excluding hydrogens is 420 g/mol. The molecule has 1 aliphatic rings. The molecule has 1 aliphatic carbocycles. The largest absolute Gasteiger partial charge is 0.367 e. The number of ketones is 1. The summed E-state index contributed by atoms with van der Waals surface area (Å²) in [4.78, 5) is 22.4. The first-order valence-electron chi connectivity index (χ1n) is 9.85. The second kappa shape index (κ2) is 9.16. The van der Waals surface area contributed by atoms with Gasteiger partial charge in [0.2, 0.25) is 5.78 Å². The van der Waals surface area contributed by atoms with Crippen LogP contribution in [0.3, 0.4) is 0 Å². The molecular formula is C21H23ClN6OS. The number of nitrogens with two attached hydrogens (primary N) is 1. The van der Waals surface area contributed by atoms with Crippen molar-refractivity contribution in [2.75, 3.05) is 11.9 Å². The van der Waals surface area contributed by atoms with Gasteiger partial charge in [-0.05, 0) is 49.4 Å². The quantitative estimate of drug-likeness (QED) is 0.383. The molecule has 1 aromatic carbocycles. The van der Waals surface area contributed by atoms with Crippen LogP contribution in [0, 0.1) is 5.92 Å². The third kappa shape index (κ3) is 4.66. The van der Waals surface area contributed by atoms with Gasteiger partial charge in [0.15, 0.2) is 5.69 Å². The minimum atomic E-state index is -0.307. The van der Waals surface area contributed by atoms with Gasteiger partial charge in [-0.25, -0.2) is 9.97 Å². The van der Waals surface area contributed by atoms with Crippen LogP contribution < -0.4 is 11.1 Å². The molecule has 0 aliphatic heterocycles. The normalized spacial score (nSPS) is 18.5. The predicted octanol–water partition coefficient (Wildman–Crippen LogP) is 3.43. The number of rotatable bonds is 7. The standard InChI is InChI=1S/C21H23ClN6OS/c22-18-11-28(10-14-2-1-3-16(30)7-14)27-19(18)20(29)17-9-24-12-25-21(17)26-15-5-4-13(6-15)8-23/h1-3,7,9,11-13,15,30H,4-6,8,10,23H2,(H,24,25,26). The summed E-state index contributed by atoms with van der Waals surface area (Å²) in [6.07, 6.45) is 7.63. The maximum atomic E-state index is 13.2. The topological polar surface area (TPSA) is 98.7 Å². The Balaban J connectivity index is 1.54. The van der Waals surface area contributed by atoms with E-state index in [2.05, 4.69) is 33.0 Å². The summed E-state index contributed by atoms with van der Waals surface area (Å²) >= 11 is 10.7. The zero-order valence-electron chi connectivity index (χ0n) is 16.3. The minimum Gasteiger partial charge on any atom is -0.367 e. The average Bonchev–Trinajstić information content (AvgIpc) is 3.34. The number of carbonyl (C=O) groups excluding carboxylic acids is 1. The van der Waals surface area contributed by atoms with Crippen molar-refractivity contribution in [2.45, 2.75) is 36.7 Å². The summed E-state index contributed by atoms with van der Waals surface area (Å²) in [5.74, 6) is 0.702. The number of hydrogen-bond donors (Lipinski definition) is 3. The van der Waals surface area contributed by atoms with Gasteiger partial charge in [-0.2, -0.15) is 5.10 Å². The lowest BCUT2D eigenvalue weighted by molar-refractivity contribution is 0.103. The highest BCUT2D eigenvalue weighted by Crippen LogP contribution is 2.28. The molecule has 2 unspecified atom stereocenters. The van der Waals surface area contributed by atoms with Gasteiger partial charge in [0.25, 0.3) is 0 Å². The number of aromatic nitrogens is 4. The SMILES string of the molecule is NCC1CCC(Nc2ncncc2C(=O)c2nn(Cc3cccc(S)c3)cc2Cl)C1. The van der Waals surface area contributed by atoms with E-state index < -0.39 is 0 Å². The Morgan fingerprint density at radius 3 is 3.00 bits per heavy atom. The van der Waals surface area contributed by atoms with Crippen LogP contribution in [-0.2, 0) is 6.54 Å². The van der Waals surface area contributed by atoms with Crippen LogP contribution in [0.2, 0.25) is 5.02 Å². The molecule has 4 rings (SSSR count). The monoisotopic (exact) mass is 442 g/mol. The van der Waals surface area contributed by atoms with Crippen LogP contribution in [0.5, 0.6) is 0 Å². The number of carbonyl (C=O) groups is 1. The molecule has 9 heteroatoms. The Kier molecular flexibility index (Phi) is 6.36. The molecule has 0 saturated heterocycles. The van der Waals surface area contributed by atoms with E-state index in [4.69, 9.17) is 17.3 Å². The zero-order chi connectivity index (χ0) is 21.1. The molecule has 0 amide bonds. The average molecular weight is 443 g/mol. The lowest BCUT2D eigenvalue weighted by Crippen LogP contribution is -2.21. The van der Waals surface area contributed by atoms with Crippen molar-refractivity contribution in [1.29, 1.82) is 0 Å². The molecule has 7 nitrogen and oxygen atoms in total. The zero-order valence-corrected chi connectivity index (χ0v) is 18.0. The molecule has 2 aromatic heterocycles. The summed E-state index contributed by atoms with van der Waals surface area (Å²) < 4.78 is 1.65. The Morgan fingerprint density at radius 1 is 1.37 bits per heavy atom. The van der Waals surface area contributed by atoms with E-state index in [1.54, 1.807) is 10.9 Å². The summed E-state index contributed by atoms with van der Waals surface area (Å²) in [5.41, 5.74) is 7.35. The first-order valence-corrected chi connectivity index (χ1v) is 10.7. The summed E-state index contributed by atoms with van der Waals surface area (Å²) in [6, 6.07) is 7.99. The first kappa shape index (κ1) is 20.8. The van der Waals surface area contributed by atoms with E-state index in [9.17, 15) is 4.79 Å². The van der Waals surface area contributed by atoms with E-state index in [-0.39, 0.29) is 17.5 Å². The summed E-state index contributed by atoms with van der Waals surface area (Å²) in [6.45, 7) is 1.16. The van der Waals surface area contributed by atoms with Crippen molar-refractivity contribution in [1.82, 2.24) is 19.7 Å². The fraction of sp³-hybridized carbons (Fsp3) is 0.333. The molecule has 3 aromatic rings. The van der Waals surface area contributed by atoms with Crippen LogP contribution in [0.1, 0.15) is 40.9 Å². The van der Waals surface area contributed by atoms with E-state index in [1.807, 2.05) is 24.3 Å². The molecule has 2 heterocycles. The van der Waals surface area contributed by atoms with Crippen LogP contribution in [0.15, 0.2) is 47.9 Å². The van der Waals surface area contributed by atoms with Crippen molar-refractivity contribution in [2.24, 2.45) is 11.7 Å². The third-order valence-corrected chi connectivity index (χ3v) is 5.91. The van der Waals surface area contributed by atoms with Gasteiger partial charge in [0.1, 0.15) is 12.1 Å². The molecule has 2 atom stereocenters. The van der Waals surface area contributed by atoms with Gasteiger partial charge in [-0.3, -0.25) is 9.48 Å². The van der Waals surface area contributed by atoms with Gasteiger partial charge in [0, 0.05) is 23.3 Å². The van der Waals surface area contributed by atoms with Gasteiger partial charge in [0.05, 0.1) is 17.1 Å². The Labute approximate surface area is 185 Å². The number of halogens is 1. The number of benzene rings is 1. The number of thiol groups is 1. The van der Waals surface area contributed by atoms with Crippen molar-refractivity contribution < 1.29 is 4.79 Å². The van der Waals surface area contributed by atoms with E-state index in [0.29, 0.717) is 35.4 Å². The number of nitrogens with zero attached hydrogens (tertiary/aromatic N) is 4. The van der Waals surface area contributed by atoms with Crippen LogP contribution >= 0.6 is 24.2 Å². The Bertz CT molecular complexity index is 1060. The fourth-order valence-electron chi connectivity index (χ4n) is 3.83. The van der Waals surface area contributed by atoms with E-state index in [0.717, 1.165) is 29.7 Å². The highest BCUT2D eigenvalue weighted by Gasteiger charge is 2.27. The molecule has 30 heavy (non-hydrogen) atoms. The van der Waals surface area contributed by atoms with Gasteiger partial charge < -0.3 is 11.1 Å². The Morgan fingerprint density at radius 2 is 2.23 bits per heavy atom. The van der Waals surface area contributed by atoms with Crippen LogP contribution in [-0.4, -0.2) is 38.1 Å². The lowest BCUT2D eigenvalue weighted by atomic mass is 10.1. The molecule has 156 valence electrons. The lowest BCUT2D eigenvalue weighted by Gasteiger charge is -2.15. The predicted molar refractivity (Wildman–Crippen MR) is 119 cm³/mol. The minimum absolute atomic E-state index is 0.183. The summed E-state index contributed by atoms with van der Waals surface area (Å²) in [7, 11) is 0. The van der Waals surface area contributed by atoms with E-state index in [1.165, 1.54) is 12.5 Å². The number of nitrogens with one attached hydrogen (secondary N) is 1. The molecule has 1 fully saturated rings. The van der Waals surface area contributed by atoms with Gasteiger partial charge in [-0.1, -0.05) is 23.7 Å². The highest BCUT2D eigenvalue weighted by atomic mass is 35.5. The number of hydrogen-bond acceptors (Lipinski definition) is 7. The van der Waals surface area contributed by atoms with Crippen molar-refractivity contribution in [3.63, 3.8) is 0 Å². The Hall–Kier alpha value is -2.42. The van der Waals surface area contributed by atoms with Gasteiger partial charge in [-0.15, -0.1) is 12.6 Å². The third-order valence-electron chi connectivity index (χ3n) is 5.36. The van der Waals surface area contributed by atoms with Crippen molar-refractivity contribution in [3.8, 4) is 0 Å². The second-order valence-corrected chi connectivity index (χ2v) is 8.49. The highest BCUT2D eigenvalue weighted by molar-refractivity contribution is 7.80. The van der Waals surface area contributed by atoms with E-state index >= 15 is 0 Å². The molecule has 0 radical (unpaired) electrons. The maximum Gasteiger partial charge on any atom is 0.220 e. The van der Waals surface area contributed by atoms with Crippen molar-refractivity contribution >= 4 is 35.8 Å². The smallest absolute Gasteiger partial charge is 0.220 e. The van der Waals surface area contributed by atoms with Crippen molar-refractivity contribution in [3.05, 3.63) is 64.8 Å². The van der Waals surface area contributed by atoms with Crippen LogP contribution in [0.25, 0.3) is 0 Å². The fourth-order valence-corrected chi connectivity index (χ4v) is 4.31. The maximum absolute atomic E-state index is 13.2. The molecule has 0 spiro atoms. The molecule has 1 saturated carbocycles.